The maximum absolute atomic E-state index is 5.92. The summed E-state index contributed by atoms with van der Waals surface area (Å²) in [6.45, 7) is 1.92. The van der Waals surface area contributed by atoms with Gasteiger partial charge in [0.05, 0.1) is 0 Å². The maximum atomic E-state index is 5.92. The zero-order valence-electron chi connectivity index (χ0n) is 9.66. The molecule has 0 aliphatic rings. The fourth-order valence-corrected chi connectivity index (χ4v) is 1.65. The zero-order valence-corrected chi connectivity index (χ0v) is 10.4. The Balaban J connectivity index is 2.26. The number of nitrogens with one attached hydrogen (secondary N) is 2. The number of anilines is 3. The van der Waals surface area contributed by atoms with Gasteiger partial charge in [0.2, 0.25) is 5.95 Å². The molecule has 0 spiro atoms. The van der Waals surface area contributed by atoms with Gasteiger partial charge in [-0.3, -0.25) is 0 Å². The van der Waals surface area contributed by atoms with Crippen molar-refractivity contribution < 1.29 is 0 Å². The highest BCUT2D eigenvalue weighted by Gasteiger charge is 2.01. The number of halogens is 1. The van der Waals surface area contributed by atoms with Crippen molar-refractivity contribution in [3.05, 3.63) is 41.0 Å². The molecule has 17 heavy (non-hydrogen) atoms. The van der Waals surface area contributed by atoms with Gasteiger partial charge in [-0.25, -0.2) is 4.98 Å². The van der Waals surface area contributed by atoms with Crippen LogP contribution in [-0.2, 0) is 0 Å². The van der Waals surface area contributed by atoms with Crippen LogP contribution in [0.2, 0.25) is 5.02 Å². The molecular formula is C12H13ClN4. The van der Waals surface area contributed by atoms with E-state index in [1.807, 2.05) is 37.3 Å². The first-order valence-electron chi connectivity index (χ1n) is 5.23. The normalized spacial score (nSPS) is 10.1. The summed E-state index contributed by atoms with van der Waals surface area (Å²) in [4.78, 5) is 8.52. The van der Waals surface area contributed by atoms with Gasteiger partial charge in [0.25, 0.3) is 0 Å². The lowest BCUT2D eigenvalue weighted by molar-refractivity contribution is 1.10. The minimum atomic E-state index is 0.592. The number of rotatable bonds is 3. The van der Waals surface area contributed by atoms with Crippen molar-refractivity contribution in [3.63, 3.8) is 0 Å². The van der Waals surface area contributed by atoms with Crippen LogP contribution < -0.4 is 10.6 Å². The van der Waals surface area contributed by atoms with Gasteiger partial charge in [0.15, 0.2) is 0 Å². The Morgan fingerprint density at radius 3 is 2.71 bits per heavy atom. The molecule has 0 saturated carbocycles. The second kappa shape index (κ2) is 5.01. The average Bonchev–Trinajstić information content (AvgIpc) is 2.28. The number of aromatic nitrogens is 2. The van der Waals surface area contributed by atoms with E-state index in [1.165, 1.54) is 0 Å². The molecule has 0 radical (unpaired) electrons. The quantitative estimate of drug-likeness (QED) is 0.876. The second-order valence-corrected chi connectivity index (χ2v) is 4.04. The lowest BCUT2D eigenvalue weighted by Crippen LogP contribution is -2.01. The largest absolute Gasteiger partial charge is 0.357 e. The van der Waals surface area contributed by atoms with Crippen molar-refractivity contribution in [1.29, 1.82) is 0 Å². The van der Waals surface area contributed by atoms with E-state index in [4.69, 9.17) is 11.6 Å². The molecule has 0 aliphatic carbocycles. The number of aryl methyl sites for hydroxylation is 1. The topological polar surface area (TPSA) is 49.8 Å². The van der Waals surface area contributed by atoms with Crippen LogP contribution in [-0.4, -0.2) is 17.0 Å². The van der Waals surface area contributed by atoms with Crippen LogP contribution in [0.15, 0.2) is 30.3 Å². The van der Waals surface area contributed by atoms with Gasteiger partial charge in [-0.2, -0.15) is 4.98 Å². The van der Waals surface area contributed by atoms with Gasteiger partial charge in [-0.1, -0.05) is 17.7 Å². The van der Waals surface area contributed by atoms with Crippen LogP contribution in [0.5, 0.6) is 0 Å². The summed E-state index contributed by atoms with van der Waals surface area (Å²) in [5.74, 6) is 1.33. The Bertz CT molecular complexity index is 528. The summed E-state index contributed by atoms with van der Waals surface area (Å²) in [5, 5.41) is 6.79. The summed E-state index contributed by atoms with van der Waals surface area (Å²) in [6, 6.07) is 9.37. The molecule has 0 aliphatic heterocycles. The van der Waals surface area contributed by atoms with Gasteiger partial charge in [-0.05, 0) is 25.1 Å². The van der Waals surface area contributed by atoms with E-state index in [0.717, 1.165) is 17.2 Å². The molecule has 1 heterocycles. The Kier molecular flexibility index (Phi) is 3.44. The first-order valence-corrected chi connectivity index (χ1v) is 5.61. The minimum Gasteiger partial charge on any atom is -0.357 e. The van der Waals surface area contributed by atoms with E-state index in [0.29, 0.717) is 11.0 Å². The monoisotopic (exact) mass is 248 g/mol. The lowest BCUT2D eigenvalue weighted by atomic mass is 10.3. The molecule has 1 aromatic heterocycles. The molecule has 0 fully saturated rings. The van der Waals surface area contributed by atoms with Gasteiger partial charge >= 0.3 is 0 Å². The summed E-state index contributed by atoms with van der Waals surface area (Å²) in [6.07, 6.45) is 0. The zero-order chi connectivity index (χ0) is 12.3. The molecule has 0 bridgehead atoms. The average molecular weight is 249 g/mol. The molecule has 1 aromatic carbocycles. The summed E-state index contributed by atoms with van der Waals surface area (Å²) in [5.41, 5.74) is 1.80. The second-order valence-electron chi connectivity index (χ2n) is 3.60. The summed E-state index contributed by atoms with van der Waals surface area (Å²) in [7, 11) is 1.79. The molecule has 5 heteroatoms. The fraction of sp³-hybridized carbons (Fsp3) is 0.167. The Hall–Kier alpha value is -1.81. The molecule has 0 unspecified atom stereocenters. The Morgan fingerprint density at radius 1 is 1.18 bits per heavy atom. The third-order valence-corrected chi connectivity index (χ3v) is 2.41. The van der Waals surface area contributed by atoms with Crippen molar-refractivity contribution in [2.45, 2.75) is 6.92 Å². The number of benzene rings is 1. The third-order valence-electron chi connectivity index (χ3n) is 2.17. The number of nitrogens with zero attached hydrogens (tertiary/aromatic N) is 2. The van der Waals surface area contributed by atoms with Gasteiger partial charge in [-0.15, -0.1) is 0 Å². The molecule has 88 valence electrons. The van der Waals surface area contributed by atoms with Crippen molar-refractivity contribution in [2.75, 3.05) is 17.7 Å². The molecule has 2 rings (SSSR count). The highest BCUT2D eigenvalue weighted by molar-refractivity contribution is 6.30. The third kappa shape index (κ3) is 3.07. The molecule has 2 N–H and O–H groups in total. The van der Waals surface area contributed by atoms with Crippen molar-refractivity contribution in [1.82, 2.24) is 9.97 Å². The highest BCUT2D eigenvalue weighted by atomic mass is 35.5. The predicted octanol–water partition coefficient (Wildman–Crippen LogP) is 3.22. The first kappa shape index (κ1) is 11.7. The van der Waals surface area contributed by atoms with Gasteiger partial charge in [0.1, 0.15) is 5.82 Å². The number of hydrogen-bond acceptors (Lipinski definition) is 4. The van der Waals surface area contributed by atoms with E-state index in [2.05, 4.69) is 20.6 Å². The van der Waals surface area contributed by atoms with E-state index < -0.39 is 0 Å². The molecule has 0 saturated heterocycles. The van der Waals surface area contributed by atoms with Crippen LogP contribution in [0.1, 0.15) is 5.69 Å². The SMILES string of the molecule is CNc1nc(C)cc(Nc2cccc(Cl)c2)n1. The van der Waals surface area contributed by atoms with Crippen LogP contribution >= 0.6 is 11.6 Å². The highest BCUT2D eigenvalue weighted by Crippen LogP contribution is 2.19. The minimum absolute atomic E-state index is 0.592. The van der Waals surface area contributed by atoms with Crippen LogP contribution in [0, 0.1) is 6.92 Å². The number of hydrogen-bond donors (Lipinski definition) is 2. The fourth-order valence-electron chi connectivity index (χ4n) is 1.46. The maximum Gasteiger partial charge on any atom is 0.224 e. The van der Waals surface area contributed by atoms with E-state index in [-0.39, 0.29) is 0 Å². The van der Waals surface area contributed by atoms with E-state index in [1.54, 1.807) is 7.05 Å². The van der Waals surface area contributed by atoms with Crippen LogP contribution in [0.4, 0.5) is 17.5 Å². The smallest absolute Gasteiger partial charge is 0.224 e. The van der Waals surface area contributed by atoms with Crippen LogP contribution in [0.3, 0.4) is 0 Å². The molecule has 2 aromatic rings. The van der Waals surface area contributed by atoms with Crippen molar-refractivity contribution in [3.8, 4) is 0 Å². The standard InChI is InChI=1S/C12H13ClN4/c1-8-6-11(17-12(14-2)15-8)16-10-5-3-4-9(13)7-10/h3-7H,1-2H3,(H2,14,15,16,17). The Morgan fingerprint density at radius 2 is 2.00 bits per heavy atom. The Labute approximate surface area is 105 Å². The lowest BCUT2D eigenvalue weighted by Gasteiger charge is -2.08. The molecule has 4 nitrogen and oxygen atoms in total. The van der Waals surface area contributed by atoms with Gasteiger partial charge < -0.3 is 10.6 Å². The van der Waals surface area contributed by atoms with E-state index >= 15 is 0 Å². The summed E-state index contributed by atoms with van der Waals surface area (Å²) < 4.78 is 0. The van der Waals surface area contributed by atoms with E-state index in [9.17, 15) is 0 Å². The molecule has 0 amide bonds. The van der Waals surface area contributed by atoms with Gasteiger partial charge in [0, 0.05) is 29.5 Å². The van der Waals surface area contributed by atoms with Crippen molar-refractivity contribution >= 4 is 29.1 Å². The first-order chi connectivity index (χ1) is 8.17. The predicted molar refractivity (Wildman–Crippen MR) is 71.1 cm³/mol. The molecule has 0 atom stereocenters. The van der Waals surface area contributed by atoms with Crippen molar-refractivity contribution in [2.24, 2.45) is 0 Å². The van der Waals surface area contributed by atoms with Crippen LogP contribution in [0.25, 0.3) is 0 Å². The molecular weight excluding hydrogens is 236 g/mol. The summed E-state index contributed by atoms with van der Waals surface area (Å²) >= 11 is 5.92.